The summed E-state index contributed by atoms with van der Waals surface area (Å²) in [5.41, 5.74) is 6.67. The third-order valence-electron chi connectivity index (χ3n) is 2.99. The number of anilines is 1. The molecule has 1 amide bonds. The second-order valence-corrected chi connectivity index (χ2v) is 5.12. The Bertz CT molecular complexity index is 480. The number of nitrogens with two attached hydrogens (primary N) is 1. The number of carbonyl (C=O) groups is 2. The molecule has 112 valence electrons. The fraction of sp³-hybridized carbons (Fsp3) is 0.571. The Morgan fingerprint density at radius 3 is 2.60 bits per heavy atom. The lowest BCUT2D eigenvalue weighted by Gasteiger charge is -2.18. The van der Waals surface area contributed by atoms with Crippen molar-refractivity contribution in [2.24, 2.45) is 5.92 Å². The lowest BCUT2D eigenvalue weighted by molar-refractivity contribution is -0.143. The van der Waals surface area contributed by atoms with Gasteiger partial charge in [-0.15, -0.1) is 0 Å². The Morgan fingerprint density at radius 1 is 1.45 bits per heavy atom. The summed E-state index contributed by atoms with van der Waals surface area (Å²) in [6, 6.07) is 0.955. The van der Waals surface area contributed by atoms with E-state index in [0.717, 1.165) is 0 Å². The fourth-order valence-electron chi connectivity index (χ4n) is 2.05. The van der Waals surface area contributed by atoms with Crippen LogP contribution in [0.1, 0.15) is 37.7 Å². The molecule has 0 bridgehead atoms. The van der Waals surface area contributed by atoms with Gasteiger partial charge in [0.2, 0.25) is 0 Å². The standard InChI is InChI=1S/C14H23N3O3/c1-5-17-8-10(15)7-12(17)13(18)16-11(6-9(2)3)14(19)20-4/h7-9,11H,5-6,15H2,1-4H3,(H,16,18). The number of aromatic nitrogens is 1. The van der Waals surface area contributed by atoms with Crippen molar-refractivity contribution in [3.05, 3.63) is 18.0 Å². The number of nitrogens with one attached hydrogen (secondary N) is 1. The van der Waals surface area contributed by atoms with Crippen molar-refractivity contribution in [1.29, 1.82) is 0 Å². The molecular weight excluding hydrogens is 258 g/mol. The van der Waals surface area contributed by atoms with Crippen molar-refractivity contribution in [3.63, 3.8) is 0 Å². The first-order valence-electron chi connectivity index (χ1n) is 6.73. The van der Waals surface area contributed by atoms with Crippen LogP contribution in [0.4, 0.5) is 5.69 Å². The van der Waals surface area contributed by atoms with E-state index >= 15 is 0 Å². The molecule has 0 radical (unpaired) electrons. The van der Waals surface area contributed by atoms with Crippen LogP contribution >= 0.6 is 0 Å². The number of ether oxygens (including phenoxy) is 1. The second-order valence-electron chi connectivity index (χ2n) is 5.12. The first-order valence-corrected chi connectivity index (χ1v) is 6.73. The van der Waals surface area contributed by atoms with Crippen LogP contribution in [0.2, 0.25) is 0 Å². The molecule has 1 unspecified atom stereocenters. The average molecular weight is 281 g/mol. The Hall–Kier alpha value is -1.98. The SMILES string of the molecule is CCn1cc(N)cc1C(=O)NC(CC(C)C)C(=O)OC. The number of aryl methyl sites for hydroxylation is 1. The van der Waals surface area contributed by atoms with Gasteiger partial charge in [0, 0.05) is 12.7 Å². The van der Waals surface area contributed by atoms with E-state index in [1.807, 2.05) is 20.8 Å². The molecule has 0 saturated carbocycles. The smallest absolute Gasteiger partial charge is 0.328 e. The summed E-state index contributed by atoms with van der Waals surface area (Å²) in [6.45, 7) is 6.51. The predicted octanol–water partition coefficient (Wildman–Crippen LogP) is 1.41. The van der Waals surface area contributed by atoms with Crippen molar-refractivity contribution < 1.29 is 14.3 Å². The quantitative estimate of drug-likeness (QED) is 0.772. The Kier molecular flexibility index (Phi) is 5.61. The zero-order valence-corrected chi connectivity index (χ0v) is 12.5. The highest BCUT2D eigenvalue weighted by atomic mass is 16.5. The molecule has 1 rings (SSSR count). The average Bonchev–Trinajstić information content (AvgIpc) is 2.77. The van der Waals surface area contributed by atoms with Crippen molar-refractivity contribution in [2.75, 3.05) is 12.8 Å². The molecule has 1 aromatic rings. The van der Waals surface area contributed by atoms with Crippen LogP contribution in [-0.2, 0) is 16.1 Å². The first kappa shape index (κ1) is 16.1. The highest BCUT2D eigenvalue weighted by Crippen LogP contribution is 2.12. The summed E-state index contributed by atoms with van der Waals surface area (Å²) >= 11 is 0. The fourth-order valence-corrected chi connectivity index (χ4v) is 2.05. The molecule has 0 aliphatic heterocycles. The van der Waals surface area contributed by atoms with E-state index in [9.17, 15) is 9.59 Å². The molecule has 0 aromatic carbocycles. The van der Waals surface area contributed by atoms with E-state index in [0.29, 0.717) is 24.3 Å². The molecule has 0 spiro atoms. The van der Waals surface area contributed by atoms with Gasteiger partial charge in [0.1, 0.15) is 11.7 Å². The molecule has 3 N–H and O–H groups in total. The molecule has 0 aliphatic rings. The van der Waals surface area contributed by atoms with Crippen LogP contribution in [0.3, 0.4) is 0 Å². The molecule has 20 heavy (non-hydrogen) atoms. The number of hydrogen-bond donors (Lipinski definition) is 2. The van der Waals surface area contributed by atoms with Crippen LogP contribution in [0.15, 0.2) is 12.3 Å². The third-order valence-corrected chi connectivity index (χ3v) is 2.99. The van der Waals surface area contributed by atoms with Crippen molar-refractivity contribution in [1.82, 2.24) is 9.88 Å². The zero-order chi connectivity index (χ0) is 15.3. The normalized spacial score (nSPS) is 12.2. The number of carbonyl (C=O) groups excluding carboxylic acids is 2. The molecule has 0 fully saturated rings. The van der Waals surface area contributed by atoms with E-state index in [2.05, 4.69) is 5.32 Å². The van der Waals surface area contributed by atoms with Gasteiger partial charge in [-0.25, -0.2) is 4.79 Å². The topological polar surface area (TPSA) is 86.4 Å². The predicted molar refractivity (Wildman–Crippen MR) is 77.2 cm³/mol. The minimum absolute atomic E-state index is 0.266. The summed E-state index contributed by atoms with van der Waals surface area (Å²) in [6.07, 6.45) is 2.23. The Morgan fingerprint density at radius 2 is 2.10 bits per heavy atom. The Balaban J connectivity index is 2.87. The maximum atomic E-state index is 12.3. The highest BCUT2D eigenvalue weighted by molar-refractivity contribution is 5.96. The third kappa shape index (κ3) is 4.01. The van der Waals surface area contributed by atoms with Crippen LogP contribution in [-0.4, -0.2) is 29.6 Å². The number of nitrogens with zero attached hydrogens (tertiary/aromatic N) is 1. The summed E-state index contributed by atoms with van der Waals surface area (Å²) in [4.78, 5) is 24.0. The van der Waals surface area contributed by atoms with Gasteiger partial charge in [-0.05, 0) is 25.3 Å². The van der Waals surface area contributed by atoms with Crippen molar-refractivity contribution in [2.45, 2.75) is 39.8 Å². The summed E-state index contributed by atoms with van der Waals surface area (Å²) < 4.78 is 6.47. The number of esters is 1. The lowest BCUT2D eigenvalue weighted by atomic mass is 10.0. The van der Waals surface area contributed by atoms with Gasteiger partial charge in [0.15, 0.2) is 0 Å². The minimum Gasteiger partial charge on any atom is -0.467 e. The lowest BCUT2D eigenvalue weighted by Crippen LogP contribution is -2.43. The maximum absolute atomic E-state index is 12.3. The second kappa shape index (κ2) is 6.98. The van der Waals surface area contributed by atoms with Gasteiger partial charge in [0.05, 0.1) is 12.8 Å². The maximum Gasteiger partial charge on any atom is 0.328 e. The van der Waals surface area contributed by atoms with E-state index < -0.39 is 12.0 Å². The highest BCUT2D eigenvalue weighted by Gasteiger charge is 2.24. The molecule has 6 heteroatoms. The molecule has 1 atom stereocenters. The van der Waals surface area contributed by atoms with Crippen LogP contribution < -0.4 is 11.1 Å². The van der Waals surface area contributed by atoms with Gasteiger partial charge in [0.25, 0.3) is 5.91 Å². The van der Waals surface area contributed by atoms with Gasteiger partial charge >= 0.3 is 5.97 Å². The van der Waals surface area contributed by atoms with Gasteiger partial charge < -0.3 is 20.4 Å². The van der Waals surface area contributed by atoms with Crippen molar-refractivity contribution >= 4 is 17.6 Å². The minimum atomic E-state index is -0.645. The van der Waals surface area contributed by atoms with E-state index in [-0.39, 0.29) is 11.8 Å². The summed E-state index contributed by atoms with van der Waals surface area (Å²) in [7, 11) is 1.31. The number of hydrogen-bond acceptors (Lipinski definition) is 4. The van der Waals surface area contributed by atoms with E-state index in [1.165, 1.54) is 7.11 Å². The molecule has 0 saturated heterocycles. The summed E-state index contributed by atoms with van der Waals surface area (Å²) in [5, 5.41) is 2.71. The van der Waals surface area contributed by atoms with Crippen LogP contribution in [0.5, 0.6) is 0 Å². The number of rotatable bonds is 6. The van der Waals surface area contributed by atoms with Crippen LogP contribution in [0.25, 0.3) is 0 Å². The number of nitrogen functional groups attached to an aromatic ring is 1. The monoisotopic (exact) mass is 281 g/mol. The summed E-state index contributed by atoms with van der Waals surface area (Å²) in [5.74, 6) is -0.489. The largest absolute Gasteiger partial charge is 0.467 e. The van der Waals surface area contributed by atoms with Gasteiger partial charge in [-0.1, -0.05) is 13.8 Å². The first-order chi connectivity index (χ1) is 9.38. The molecular formula is C14H23N3O3. The molecule has 1 aromatic heterocycles. The molecule has 0 aliphatic carbocycles. The zero-order valence-electron chi connectivity index (χ0n) is 12.5. The Labute approximate surface area is 119 Å². The van der Waals surface area contributed by atoms with Crippen molar-refractivity contribution in [3.8, 4) is 0 Å². The molecule has 6 nitrogen and oxygen atoms in total. The molecule has 1 heterocycles. The van der Waals surface area contributed by atoms with Gasteiger partial charge in [-0.2, -0.15) is 0 Å². The van der Waals surface area contributed by atoms with E-state index in [4.69, 9.17) is 10.5 Å². The number of methoxy groups -OCH3 is 1. The van der Waals surface area contributed by atoms with E-state index in [1.54, 1.807) is 16.8 Å². The van der Waals surface area contributed by atoms with Gasteiger partial charge in [-0.3, -0.25) is 4.79 Å². The van der Waals surface area contributed by atoms with Crippen LogP contribution in [0, 0.1) is 5.92 Å². The number of amides is 1.